The van der Waals surface area contributed by atoms with E-state index in [-0.39, 0.29) is 18.0 Å². The number of anilines is 2. The topological polar surface area (TPSA) is 119 Å². The molecule has 9 nitrogen and oxygen atoms in total. The van der Waals surface area contributed by atoms with Crippen LogP contribution in [0.4, 0.5) is 16.4 Å². The lowest BCUT2D eigenvalue weighted by Crippen LogP contribution is -2.28. The maximum atomic E-state index is 11.5. The van der Waals surface area contributed by atoms with Crippen molar-refractivity contribution >= 4 is 52.3 Å². The number of carbonyl (C=O) groups excluding carboxylic acids is 1. The molecule has 1 atom stereocenters. The van der Waals surface area contributed by atoms with Gasteiger partial charge in [0.2, 0.25) is 0 Å². The van der Waals surface area contributed by atoms with Crippen molar-refractivity contribution in [2.45, 2.75) is 35.3 Å². The summed E-state index contributed by atoms with van der Waals surface area (Å²) in [6, 6.07) is 5.58. The second-order valence-electron chi connectivity index (χ2n) is 7.03. The molecule has 4 rings (SSSR count). The summed E-state index contributed by atoms with van der Waals surface area (Å²) in [7, 11) is 1.56. The minimum atomic E-state index is -0.389. The van der Waals surface area contributed by atoms with Crippen LogP contribution in [0.15, 0.2) is 40.5 Å². The quantitative estimate of drug-likeness (QED) is 0.603. The second-order valence-corrected chi connectivity index (χ2v) is 8.47. The molecule has 0 saturated carbocycles. The van der Waals surface area contributed by atoms with E-state index in [1.807, 2.05) is 12.1 Å². The van der Waals surface area contributed by atoms with Crippen LogP contribution in [0.1, 0.15) is 19.3 Å². The van der Waals surface area contributed by atoms with Crippen LogP contribution in [0.5, 0.6) is 0 Å². The van der Waals surface area contributed by atoms with Gasteiger partial charge >= 0.3 is 6.09 Å². The van der Waals surface area contributed by atoms with Crippen molar-refractivity contribution in [3.8, 4) is 0 Å². The molecule has 0 radical (unpaired) electrons. The fourth-order valence-electron chi connectivity index (χ4n) is 3.34. The van der Waals surface area contributed by atoms with Gasteiger partial charge in [-0.2, -0.15) is 0 Å². The molecule has 0 bridgehead atoms. The van der Waals surface area contributed by atoms with Gasteiger partial charge in [-0.05, 0) is 31.0 Å². The first kappa shape index (κ1) is 21.4. The standard InChI is InChI=1S/C20H22ClN7O2S/c1-23-20(29)30-12-3-2-9-28(10-7-12)15-11-25-19-13(26-15)4-5-16(27-19)31-14-6-8-24-18(22)17(14)21/h4-6,8,11-12H,2-3,7,9-10H2,1H3,(H2,22,24)(H,23,29)/t12-/m0/s1. The summed E-state index contributed by atoms with van der Waals surface area (Å²) < 4.78 is 5.41. The average Bonchev–Trinajstić information content (AvgIpc) is 3.02. The number of pyridine rings is 2. The zero-order valence-corrected chi connectivity index (χ0v) is 18.5. The lowest BCUT2D eigenvalue weighted by Gasteiger charge is -2.21. The Kier molecular flexibility index (Phi) is 6.57. The number of nitrogen functional groups attached to an aromatic ring is 1. The molecular weight excluding hydrogens is 438 g/mol. The Balaban J connectivity index is 1.48. The van der Waals surface area contributed by atoms with Gasteiger partial charge in [-0.25, -0.2) is 24.7 Å². The SMILES string of the molecule is CNC(=O)O[C@H]1CCCN(c2cnc3nc(Sc4ccnc(N)c4Cl)ccc3n2)CC1. The zero-order valence-electron chi connectivity index (χ0n) is 16.9. The molecule has 4 heterocycles. The summed E-state index contributed by atoms with van der Waals surface area (Å²) in [5, 5.41) is 3.65. The minimum Gasteiger partial charge on any atom is -0.446 e. The lowest BCUT2D eigenvalue weighted by atomic mass is 10.2. The first-order chi connectivity index (χ1) is 15.0. The molecule has 11 heteroatoms. The van der Waals surface area contributed by atoms with E-state index < -0.39 is 0 Å². The Labute approximate surface area is 188 Å². The number of alkyl carbamates (subject to hydrolysis) is 1. The largest absolute Gasteiger partial charge is 0.446 e. The summed E-state index contributed by atoms with van der Waals surface area (Å²) in [6.45, 7) is 1.57. The summed E-state index contributed by atoms with van der Waals surface area (Å²) in [4.78, 5) is 32.2. The van der Waals surface area contributed by atoms with Gasteiger partial charge in [0, 0.05) is 37.7 Å². The molecule has 0 aliphatic carbocycles. The van der Waals surface area contributed by atoms with E-state index in [0.717, 1.165) is 48.1 Å². The Morgan fingerprint density at radius 3 is 2.97 bits per heavy atom. The predicted molar refractivity (Wildman–Crippen MR) is 121 cm³/mol. The summed E-state index contributed by atoms with van der Waals surface area (Å²) in [5.74, 6) is 1.08. The highest BCUT2D eigenvalue weighted by Crippen LogP contribution is 2.34. The maximum Gasteiger partial charge on any atom is 0.407 e. The van der Waals surface area contributed by atoms with Crippen LogP contribution in [-0.2, 0) is 4.74 Å². The molecule has 1 aliphatic heterocycles. The predicted octanol–water partition coefficient (Wildman–Crippen LogP) is 3.52. The van der Waals surface area contributed by atoms with Crippen molar-refractivity contribution in [3.63, 3.8) is 0 Å². The van der Waals surface area contributed by atoms with E-state index in [2.05, 4.69) is 25.2 Å². The van der Waals surface area contributed by atoms with Crippen molar-refractivity contribution in [1.29, 1.82) is 0 Å². The molecule has 1 amide bonds. The third-order valence-corrected chi connectivity index (χ3v) is 6.44. The molecule has 1 saturated heterocycles. The number of ether oxygens (including phenoxy) is 1. The first-order valence-corrected chi connectivity index (χ1v) is 11.1. The summed E-state index contributed by atoms with van der Waals surface area (Å²) >= 11 is 7.62. The average molecular weight is 460 g/mol. The lowest BCUT2D eigenvalue weighted by molar-refractivity contribution is 0.0926. The van der Waals surface area contributed by atoms with Gasteiger partial charge in [-0.15, -0.1) is 0 Å². The summed E-state index contributed by atoms with van der Waals surface area (Å²) in [5.41, 5.74) is 7.04. The molecule has 3 aromatic rings. The maximum absolute atomic E-state index is 11.5. The van der Waals surface area contributed by atoms with Crippen LogP contribution in [0.2, 0.25) is 5.02 Å². The van der Waals surface area contributed by atoms with E-state index in [9.17, 15) is 4.79 Å². The number of nitrogens with one attached hydrogen (secondary N) is 1. The van der Waals surface area contributed by atoms with Crippen molar-refractivity contribution in [2.75, 3.05) is 30.8 Å². The van der Waals surface area contributed by atoms with Gasteiger partial charge in [0.1, 0.15) is 28.3 Å². The number of hydrogen-bond acceptors (Lipinski definition) is 9. The molecule has 0 spiro atoms. The third-order valence-electron chi connectivity index (χ3n) is 4.94. The number of rotatable bonds is 4. The van der Waals surface area contributed by atoms with Gasteiger partial charge in [-0.1, -0.05) is 23.4 Å². The molecular formula is C20H22ClN7O2S. The molecule has 31 heavy (non-hydrogen) atoms. The molecule has 0 unspecified atom stereocenters. The molecule has 1 aliphatic rings. The smallest absolute Gasteiger partial charge is 0.407 e. The Hall–Kier alpha value is -2.85. The number of fused-ring (bicyclic) bond motifs is 1. The number of halogens is 1. The van der Waals surface area contributed by atoms with Crippen molar-refractivity contribution < 1.29 is 9.53 Å². The molecule has 3 aromatic heterocycles. The number of amides is 1. The fraction of sp³-hybridized carbons (Fsp3) is 0.350. The molecule has 3 N–H and O–H groups in total. The van der Waals surface area contributed by atoms with Crippen LogP contribution < -0.4 is 16.0 Å². The van der Waals surface area contributed by atoms with Crippen molar-refractivity contribution in [2.24, 2.45) is 0 Å². The Morgan fingerprint density at radius 1 is 1.26 bits per heavy atom. The highest BCUT2D eigenvalue weighted by Gasteiger charge is 2.21. The van der Waals surface area contributed by atoms with Crippen molar-refractivity contribution in [1.82, 2.24) is 25.3 Å². The number of hydrogen-bond donors (Lipinski definition) is 2. The minimum absolute atomic E-state index is 0.0892. The Morgan fingerprint density at radius 2 is 2.13 bits per heavy atom. The van der Waals surface area contributed by atoms with Gasteiger partial charge in [-0.3, -0.25) is 0 Å². The number of nitrogens with two attached hydrogens (primary N) is 1. The van der Waals surface area contributed by atoms with Crippen LogP contribution in [-0.4, -0.2) is 52.3 Å². The van der Waals surface area contributed by atoms with E-state index >= 15 is 0 Å². The molecule has 0 aromatic carbocycles. The first-order valence-electron chi connectivity index (χ1n) is 9.88. The monoisotopic (exact) mass is 459 g/mol. The number of aromatic nitrogens is 4. The van der Waals surface area contributed by atoms with E-state index in [1.165, 1.54) is 11.8 Å². The van der Waals surface area contributed by atoms with Crippen LogP contribution in [0.25, 0.3) is 11.2 Å². The van der Waals surface area contributed by atoms with Crippen LogP contribution in [0.3, 0.4) is 0 Å². The normalized spacial score (nSPS) is 16.7. The van der Waals surface area contributed by atoms with Crippen molar-refractivity contribution in [3.05, 3.63) is 35.6 Å². The number of carbonyl (C=O) groups is 1. The van der Waals surface area contributed by atoms with Crippen LogP contribution in [0, 0.1) is 0 Å². The van der Waals surface area contributed by atoms with Gasteiger partial charge in [0.05, 0.1) is 11.2 Å². The fourth-order valence-corrected chi connectivity index (χ4v) is 4.39. The van der Waals surface area contributed by atoms with E-state index in [1.54, 1.807) is 25.5 Å². The van der Waals surface area contributed by atoms with Gasteiger partial charge in [0.15, 0.2) is 5.65 Å². The summed E-state index contributed by atoms with van der Waals surface area (Å²) in [6.07, 6.45) is 5.35. The highest BCUT2D eigenvalue weighted by atomic mass is 35.5. The van der Waals surface area contributed by atoms with Gasteiger partial charge in [0.25, 0.3) is 0 Å². The molecule has 162 valence electrons. The molecule has 1 fully saturated rings. The Bertz CT molecular complexity index is 1100. The number of nitrogens with zero attached hydrogens (tertiary/aromatic N) is 5. The van der Waals surface area contributed by atoms with Crippen LogP contribution >= 0.6 is 23.4 Å². The second kappa shape index (κ2) is 9.52. The third kappa shape index (κ3) is 5.08. The van der Waals surface area contributed by atoms with E-state index in [0.29, 0.717) is 16.2 Å². The highest BCUT2D eigenvalue weighted by molar-refractivity contribution is 7.99. The van der Waals surface area contributed by atoms with Gasteiger partial charge < -0.3 is 20.7 Å². The van der Waals surface area contributed by atoms with E-state index in [4.69, 9.17) is 27.1 Å². The zero-order chi connectivity index (χ0) is 21.8.